The van der Waals surface area contributed by atoms with Crippen molar-refractivity contribution in [2.75, 3.05) is 5.32 Å². The number of fused-ring (bicyclic) bond motifs is 1. The van der Waals surface area contributed by atoms with Crippen LogP contribution in [0.3, 0.4) is 0 Å². The SMILES string of the molecule is Cc1c(F)cncc1-c1cc2cnc(NC(=O)OC(C)(C)C)cc2c[n+]1[O-]. The Morgan fingerprint density at radius 3 is 2.67 bits per heavy atom. The number of nitrogens with zero attached hydrogens (tertiary/aromatic N) is 3. The third-order valence-corrected chi connectivity index (χ3v) is 3.81. The van der Waals surface area contributed by atoms with Gasteiger partial charge in [0.25, 0.3) is 0 Å². The first-order valence-electron chi connectivity index (χ1n) is 8.27. The number of hydrogen-bond acceptors (Lipinski definition) is 5. The minimum atomic E-state index is -0.637. The molecule has 3 aromatic heterocycles. The van der Waals surface area contributed by atoms with Crippen LogP contribution in [0.25, 0.3) is 22.0 Å². The second-order valence-corrected chi connectivity index (χ2v) is 7.10. The molecule has 1 amide bonds. The zero-order valence-electron chi connectivity index (χ0n) is 15.4. The smallest absolute Gasteiger partial charge is 0.413 e. The highest BCUT2D eigenvalue weighted by molar-refractivity contribution is 5.89. The lowest BCUT2D eigenvalue weighted by Crippen LogP contribution is -2.29. The Bertz CT molecular complexity index is 1030. The molecule has 0 unspecified atom stereocenters. The number of aromatic nitrogens is 3. The lowest BCUT2D eigenvalue weighted by atomic mass is 10.1. The molecule has 0 aromatic carbocycles. The average molecular weight is 370 g/mol. The fourth-order valence-electron chi connectivity index (χ4n) is 2.55. The molecule has 0 aliphatic carbocycles. The first kappa shape index (κ1) is 18.5. The first-order chi connectivity index (χ1) is 12.6. The zero-order valence-corrected chi connectivity index (χ0v) is 15.4. The number of rotatable bonds is 2. The third-order valence-electron chi connectivity index (χ3n) is 3.81. The van der Waals surface area contributed by atoms with E-state index in [9.17, 15) is 14.4 Å². The summed E-state index contributed by atoms with van der Waals surface area (Å²) >= 11 is 0. The Hall–Kier alpha value is -3.29. The van der Waals surface area contributed by atoms with E-state index in [2.05, 4.69) is 15.3 Å². The highest BCUT2D eigenvalue weighted by Gasteiger charge is 2.18. The molecular weight excluding hydrogens is 351 g/mol. The molecular formula is C19H19FN4O3. The van der Waals surface area contributed by atoms with Crippen LogP contribution in [0.4, 0.5) is 15.0 Å². The van der Waals surface area contributed by atoms with Crippen LogP contribution < -0.4 is 10.0 Å². The van der Waals surface area contributed by atoms with Crippen LogP contribution in [0.5, 0.6) is 0 Å². The van der Waals surface area contributed by atoms with Gasteiger partial charge in [-0.25, -0.2) is 14.2 Å². The van der Waals surface area contributed by atoms with Crippen LogP contribution in [0.1, 0.15) is 26.3 Å². The predicted octanol–water partition coefficient (Wildman–Crippen LogP) is 3.72. The van der Waals surface area contributed by atoms with Crippen LogP contribution in [0, 0.1) is 17.9 Å². The van der Waals surface area contributed by atoms with Crippen molar-refractivity contribution < 1.29 is 18.7 Å². The number of carbonyl (C=O) groups is 1. The van der Waals surface area contributed by atoms with Gasteiger partial charge in [-0.2, -0.15) is 4.73 Å². The van der Waals surface area contributed by atoms with Crippen molar-refractivity contribution in [3.63, 3.8) is 0 Å². The van der Waals surface area contributed by atoms with Gasteiger partial charge in [0.15, 0.2) is 6.20 Å². The molecule has 0 saturated carbocycles. The maximum Gasteiger partial charge on any atom is 0.413 e. The summed E-state index contributed by atoms with van der Waals surface area (Å²) in [5.74, 6) is -0.226. The lowest BCUT2D eigenvalue weighted by molar-refractivity contribution is -0.592. The molecule has 0 aliphatic heterocycles. The molecule has 0 fully saturated rings. The summed E-state index contributed by atoms with van der Waals surface area (Å²) in [6.45, 7) is 6.85. The molecule has 3 aromatic rings. The van der Waals surface area contributed by atoms with Gasteiger partial charge in [-0.05, 0) is 33.8 Å². The molecule has 27 heavy (non-hydrogen) atoms. The second kappa shape index (κ2) is 6.79. The third kappa shape index (κ3) is 4.11. The van der Waals surface area contributed by atoms with Crippen LogP contribution in [-0.4, -0.2) is 21.7 Å². The van der Waals surface area contributed by atoms with Crippen LogP contribution in [-0.2, 0) is 4.74 Å². The van der Waals surface area contributed by atoms with Gasteiger partial charge in [0, 0.05) is 29.4 Å². The van der Waals surface area contributed by atoms with Crippen LogP contribution in [0.15, 0.2) is 36.9 Å². The molecule has 7 nitrogen and oxygen atoms in total. The summed E-state index contributed by atoms with van der Waals surface area (Å²) in [6, 6.07) is 3.17. The van der Waals surface area contributed by atoms with Gasteiger partial charge in [-0.15, -0.1) is 0 Å². The van der Waals surface area contributed by atoms with Crippen molar-refractivity contribution in [2.45, 2.75) is 33.3 Å². The summed E-state index contributed by atoms with van der Waals surface area (Å²) in [6.07, 6.45) is 4.78. The van der Waals surface area contributed by atoms with Gasteiger partial charge < -0.3 is 9.94 Å². The second-order valence-electron chi connectivity index (χ2n) is 7.10. The van der Waals surface area contributed by atoms with Crippen molar-refractivity contribution in [1.29, 1.82) is 0 Å². The molecule has 0 radical (unpaired) electrons. The van der Waals surface area contributed by atoms with E-state index in [0.29, 0.717) is 26.6 Å². The van der Waals surface area contributed by atoms with Gasteiger partial charge in [0.2, 0.25) is 5.69 Å². The average Bonchev–Trinajstić information content (AvgIpc) is 2.55. The highest BCUT2D eigenvalue weighted by Crippen LogP contribution is 2.25. The molecule has 140 valence electrons. The summed E-state index contributed by atoms with van der Waals surface area (Å²) in [5, 5.41) is 16.2. The van der Waals surface area contributed by atoms with Crippen molar-refractivity contribution in [3.8, 4) is 11.3 Å². The van der Waals surface area contributed by atoms with E-state index in [1.807, 2.05) is 0 Å². The van der Waals surface area contributed by atoms with E-state index in [4.69, 9.17) is 4.74 Å². The van der Waals surface area contributed by atoms with Gasteiger partial charge >= 0.3 is 6.09 Å². The fourth-order valence-corrected chi connectivity index (χ4v) is 2.55. The Kier molecular flexibility index (Phi) is 4.65. The van der Waals surface area contributed by atoms with E-state index < -0.39 is 17.5 Å². The van der Waals surface area contributed by atoms with Crippen molar-refractivity contribution in [3.05, 3.63) is 53.5 Å². The monoisotopic (exact) mass is 370 g/mol. The normalized spacial score (nSPS) is 11.4. The Balaban J connectivity index is 1.96. The topological polar surface area (TPSA) is 91.0 Å². The zero-order chi connectivity index (χ0) is 19.8. The maximum atomic E-state index is 13.8. The van der Waals surface area contributed by atoms with Crippen molar-refractivity contribution in [1.82, 2.24) is 9.97 Å². The van der Waals surface area contributed by atoms with Gasteiger partial charge in [0.1, 0.15) is 17.2 Å². The predicted molar refractivity (Wildman–Crippen MR) is 98.5 cm³/mol. The number of halogens is 1. The molecule has 3 heterocycles. The Morgan fingerprint density at radius 2 is 1.96 bits per heavy atom. The number of pyridine rings is 3. The summed E-state index contributed by atoms with van der Waals surface area (Å²) in [7, 11) is 0. The molecule has 8 heteroatoms. The molecule has 0 saturated heterocycles. The standard InChI is InChI=1S/C19H19FN4O3/c1-11-14(8-21-9-15(11)20)16-5-12-7-22-17(6-13(12)10-24(16)26)23-18(25)27-19(2,3)4/h5-10H,1-4H3,(H,22,23,25). The Morgan fingerprint density at radius 1 is 1.22 bits per heavy atom. The number of amides is 1. The fraction of sp³-hybridized carbons (Fsp3) is 0.263. The maximum absolute atomic E-state index is 13.8. The first-order valence-corrected chi connectivity index (χ1v) is 8.27. The molecule has 0 bridgehead atoms. The molecule has 0 atom stereocenters. The lowest BCUT2D eigenvalue weighted by Gasteiger charge is -2.19. The van der Waals surface area contributed by atoms with E-state index in [1.54, 1.807) is 39.8 Å². The van der Waals surface area contributed by atoms with Crippen molar-refractivity contribution in [2.24, 2.45) is 0 Å². The minimum Gasteiger partial charge on any atom is -0.618 e. The van der Waals surface area contributed by atoms with Crippen molar-refractivity contribution >= 4 is 22.7 Å². The van der Waals surface area contributed by atoms with E-state index in [-0.39, 0.29) is 11.5 Å². The van der Waals surface area contributed by atoms with Gasteiger partial charge in [-0.3, -0.25) is 10.3 Å². The van der Waals surface area contributed by atoms with E-state index in [0.717, 1.165) is 6.20 Å². The molecule has 0 spiro atoms. The van der Waals surface area contributed by atoms with Crippen LogP contribution in [0.2, 0.25) is 0 Å². The highest BCUT2D eigenvalue weighted by atomic mass is 19.1. The van der Waals surface area contributed by atoms with Crippen LogP contribution >= 0.6 is 0 Å². The number of hydrogen-bond donors (Lipinski definition) is 1. The summed E-state index contributed by atoms with van der Waals surface area (Å²) < 4.78 is 19.6. The Labute approximate surface area is 155 Å². The van der Waals surface area contributed by atoms with Gasteiger partial charge in [0.05, 0.1) is 17.1 Å². The summed E-state index contributed by atoms with van der Waals surface area (Å²) in [5.41, 5.74) is 0.375. The molecule has 0 aliphatic rings. The summed E-state index contributed by atoms with van der Waals surface area (Å²) in [4.78, 5) is 19.8. The largest absolute Gasteiger partial charge is 0.618 e. The number of ether oxygens (including phenoxy) is 1. The minimum absolute atomic E-state index is 0.258. The number of carbonyl (C=O) groups excluding carboxylic acids is 1. The molecule has 3 rings (SSSR count). The quantitative estimate of drug-likeness (QED) is 0.548. The molecule has 1 N–H and O–H groups in total. The number of anilines is 1. The number of nitrogens with one attached hydrogen (secondary N) is 1. The van der Waals surface area contributed by atoms with E-state index in [1.165, 1.54) is 18.6 Å². The van der Waals surface area contributed by atoms with E-state index >= 15 is 0 Å². The van der Waals surface area contributed by atoms with Gasteiger partial charge in [-0.1, -0.05) is 0 Å².